The minimum atomic E-state index is -1.19. The van der Waals surface area contributed by atoms with Gasteiger partial charge in [-0.15, -0.1) is 0 Å². The Hall–Kier alpha value is -4.11. The van der Waals surface area contributed by atoms with Crippen molar-refractivity contribution in [3.05, 3.63) is 78.0 Å². The molecular formula is C26H26N6O3. The van der Waals surface area contributed by atoms with Crippen LogP contribution in [0.4, 0.5) is 4.79 Å². The lowest BCUT2D eigenvalue weighted by Gasteiger charge is -2.26. The van der Waals surface area contributed by atoms with Gasteiger partial charge in [-0.1, -0.05) is 18.6 Å². The van der Waals surface area contributed by atoms with Gasteiger partial charge in [0.15, 0.2) is 5.69 Å². The summed E-state index contributed by atoms with van der Waals surface area (Å²) >= 11 is 0. The Labute approximate surface area is 202 Å². The van der Waals surface area contributed by atoms with E-state index < -0.39 is 12.0 Å². The molecule has 4 heterocycles. The predicted molar refractivity (Wildman–Crippen MR) is 131 cm³/mol. The Bertz CT molecular complexity index is 1360. The van der Waals surface area contributed by atoms with Crippen molar-refractivity contribution >= 4 is 22.9 Å². The van der Waals surface area contributed by atoms with Crippen LogP contribution in [0.1, 0.15) is 40.9 Å². The van der Waals surface area contributed by atoms with Gasteiger partial charge in [0.2, 0.25) is 0 Å². The quantitative estimate of drug-likeness (QED) is 0.439. The predicted octanol–water partition coefficient (Wildman–Crippen LogP) is 3.94. The monoisotopic (exact) mass is 470 g/mol. The molecular weight excluding hydrogens is 444 g/mol. The second kappa shape index (κ2) is 10.0. The van der Waals surface area contributed by atoms with Gasteiger partial charge in [-0.25, -0.2) is 9.59 Å². The first-order valence-electron chi connectivity index (χ1n) is 11.7. The fourth-order valence-corrected chi connectivity index (χ4v) is 4.47. The number of pyridine rings is 2. The molecule has 9 nitrogen and oxygen atoms in total. The normalized spacial score (nSPS) is 14.2. The molecule has 178 valence electrons. The number of benzene rings is 1. The molecule has 35 heavy (non-hydrogen) atoms. The van der Waals surface area contributed by atoms with Crippen molar-refractivity contribution in [3.8, 4) is 11.1 Å². The molecule has 0 saturated carbocycles. The molecule has 1 aromatic carbocycles. The van der Waals surface area contributed by atoms with Crippen molar-refractivity contribution in [2.45, 2.75) is 32.4 Å². The molecule has 0 bridgehead atoms. The highest BCUT2D eigenvalue weighted by atomic mass is 16.4. The van der Waals surface area contributed by atoms with Gasteiger partial charge in [0.25, 0.3) is 0 Å². The van der Waals surface area contributed by atoms with E-state index in [-0.39, 0.29) is 12.2 Å². The summed E-state index contributed by atoms with van der Waals surface area (Å²) < 4.78 is 1.10. The molecule has 1 fully saturated rings. The van der Waals surface area contributed by atoms with Crippen molar-refractivity contribution in [3.63, 3.8) is 0 Å². The van der Waals surface area contributed by atoms with Crippen LogP contribution in [0.25, 0.3) is 22.0 Å². The number of amides is 1. The lowest BCUT2D eigenvalue weighted by atomic mass is 10.0. The van der Waals surface area contributed by atoms with Gasteiger partial charge in [0, 0.05) is 48.8 Å². The maximum absolute atomic E-state index is 12.8. The second-order valence-corrected chi connectivity index (χ2v) is 8.74. The molecule has 0 unspecified atom stereocenters. The van der Waals surface area contributed by atoms with Crippen molar-refractivity contribution in [2.75, 3.05) is 13.1 Å². The van der Waals surface area contributed by atoms with Crippen LogP contribution in [-0.2, 0) is 13.1 Å². The standard InChI is InChI=1S/C26H26N6O3/c33-25(34)24-22-12-20(21-11-19(14-28-16-21)17-31-9-2-1-3-10-31)6-7-23(22)32(30-24)26(35)29-15-18-5-4-8-27-13-18/h4-8,11-14,16H,1-3,9-10,15,17H2,(H,29,35)(H,33,34). The topological polar surface area (TPSA) is 113 Å². The number of likely N-dealkylation sites (tertiary alicyclic amines) is 1. The number of carboxylic acid groups (broad SMARTS) is 1. The first kappa shape index (κ1) is 22.7. The number of nitrogens with one attached hydrogen (secondary N) is 1. The molecule has 0 atom stereocenters. The van der Waals surface area contributed by atoms with E-state index in [1.54, 1.807) is 36.8 Å². The van der Waals surface area contributed by atoms with Gasteiger partial charge < -0.3 is 10.4 Å². The lowest BCUT2D eigenvalue weighted by Crippen LogP contribution is -2.29. The molecule has 0 aliphatic carbocycles. The van der Waals surface area contributed by atoms with Crippen molar-refractivity contribution in [1.82, 2.24) is 30.0 Å². The van der Waals surface area contributed by atoms with E-state index in [4.69, 9.17) is 0 Å². The zero-order valence-corrected chi connectivity index (χ0v) is 19.2. The van der Waals surface area contributed by atoms with Gasteiger partial charge in [-0.05, 0) is 66.9 Å². The first-order chi connectivity index (χ1) is 17.1. The van der Waals surface area contributed by atoms with Crippen LogP contribution in [0.15, 0.2) is 61.2 Å². The average molecular weight is 471 g/mol. The number of carboxylic acids is 1. The Kier molecular flexibility index (Phi) is 6.49. The Morgan fingerprint density at radius 3 is 2.54 bits per heavy atom. The summed E-state index contributed by atoms with van der Waals surface area (Å²) in [7, 11) is 0. The third-order valence-corrected chi connectivity index (χ3v) is 6.22. The first-order valence-corrected chi connectivity index (χ1v) is 11.7. The third-order valence-electron chi connectivity index (χ3n) is 6.22. The van der Waals surface area contributed by atoms with Crippen molar-refractivity contribution in [2.24, 2.45) is 0 Å². The fraction of sp³-hybridized carbons (Fsp3) is 0.269. The van der Waals surface area contributed by atoms with Gasteiger partial charge in [0.05, 0.1) is 5.52 Å². The number of aromatic carboxylic acids is 1. The lowest BCUT2D eigenvalue weighted by molar-refractivity contribution is 0.0692. The van der Waals surface area contributed by atoms with E-state index in [2.05, 4.69) is 31.3 Å². The third kappa shape index (κ3) is 5.04. The van der Waals surface area contributed by atoms with Gasteiger partial charge in [-0.2, -0.15) is 9.78 Å². The van der Waals surface area contributed by atoms with Crippen LogP contribution in [0.5, 0.6) is 0 Å². The van der Waals surface area contributed by atoms with Crippen LogP contribution in [0.2, 0.25) is 0 Å². The zero-order valence-electron chi connectivity index (χ0n) is 19.2. The number of piperidine rings is 1. The SMILES string of the molecule is O=C(O)c1nn(C(=O)NCc2cccnc2)c2ccc(-c3cncc(CN4CCCCC4)c3)cc12. The van der Waals surface area contributed by atoms with Crippen LogP contribution in [0, 0.1) is 0 Å². The smallest absolute Gasteiger partial charge is 0.357 e. The van der Waals surface area contributed by atoms with E-state index in [0.717, 1.165) is 46.6 Å². The van der Waals surface area contributed by atoms with E-state index >= 15 is 0 Å². The number of hydrogen-bond acceptors (Lipinski definition) is 6. The zero-order chi connectivity index (χ0) is 24.2. The van der Waals surface area contributed by atoms with E-state index in [1.807, 2.05) is 18.3 Å². The number of rotatable bonds is 6. The Balaban J connectivity index is 1.42. The summed E-state index contributed by atoms with van der Waals surface area (Å²) in [5, 5.41) is 17.0. The van der Waals surface area contributed by atoms with Gasteiger partial charge >= 0.3 is 12.0 Å². The maximum Gasteiger partial charge on any atom is 0.357 e. The van der Waals surface area contributed by atoms with E-state index in [0.29, 0.717) is 10.9 Å². The number of fused-ring (bicyclic) bond motifs is 1. The van der Waals surface area contributed by atoms with Crippen molar-refractivity contribution < 1.29 is 14.7 Å². The molecule has 5 rings (SSSR count). The molecule has 1 amide bonds. The molecule has 2 N–H and O–H groups in total. The molecule has 3 aromatic heterocycles. The molecule has 9 heteroatoms. The molecule has 1 aliphatic heterocycles. The van der Waals surface area contributed by atoms with E-state index in [9.17, 15) is 14.7 Å². The highest BCUT2D eigenvalue weighted by Crippen LogP contribution is 2.27. The molecule has 0 spiro atoms. The largest absolute Gasteiger partial charge is 0.476 e. The number of nitrogens with zero attached hydrogens (tertiary/aromatic N) is 5. The van der Waals surface area contributed by atoms with Crippen molar-refractivity contribution in [1.29, 1.82) is 0 Å². The highest BCUT2D eigenvalue weighted by Gasteiger charge is 2.21. The number of carbonyl (C=O) groups is 2. The van der Waals surface area contributed by atoms with Crippen LogP contribution < -0.4 is 5.32 Å². The Morgan fingerprint density at radius 2 is 1.77 bits per heavy atom. The minimum absolute atomic E-state index is 0.171. The summed E-state index contributed by atoms with van der Waals surface area (Å²) in [4.78, 5) is 35.6. The summed E-state index contributed by atoms with van der Waals surface area (Å²) in [6.07, 6.45) is 10.7. The number of aromatic nitrogens is 4. The summed E-state index contributed by atoms with van der Waals surface area (Å²) in [5.74, 6) is -1.19. The van der Waals surface area contributed by atoms with E-state index in [1.165, 1.54) is 19.3 Å². The molecule has 4 aromatic rings. The second-order valence-electron chi connectivity index (χ2n) is 8.74. The summed E-state index contributed by atoms with van der Waals surface area (Å²) in [5.41, 5.74) is 3.92. The maximum atomic E-state index is 12.8. The van der Waals surface area contributed by atoms with Gasteiger partial charge in [-0.3, -0.25) is 14.9 Å². The van der Waals surface area contributed by atoms with Crippen LogP contribution >= 0.6 is 0 Å². The highest BCUT2D eigenvalue weighted by molar-refractivity contribution is 6.05. The summed E-state index contributed by atoms with van der Waals surface area (Å²) in [6.45, 7) is 3.29. The van der Waals surface area contributed by atoms with Crippen LogP contribution in [0.3, 0.4) is 0 Å². The van der Waals surface area contributed by atoms with Gasteiger partial charge in [0.1, 0.15) is 0 Å². The molecule has 1 aliphatic rings. The van der Waals surface area contributed by atoms with Crippen LogP contribution in [-0.4, -0.2) is 54.8 Å². The Morgan fingerprint density at radius 1 is 0.943 bits per heavy atom. The molecule has 0 radical (unpaired) electrons. The average Bonchev–Trinajstić information content (AvgIpc) is 3.28. The minimum Gasteiger partial charge on any atom is -0.476 e. The number of hydrogen-bond donors (Lipinski definition) is 2. The number of carbonyl (C=O) groups excluding carboxylic acids is 1. The fourth-order valence-electron chi connectivity index (χ4n) is 4.47. The molecule has 1 saturated heterocycles. The summed E-state index contributed by atoms with van der Waals surface area (Å²) in [6, 6.07) is 10.6.